The zero-order valence-electron chi connectivity index (χ0n) is 66.1. The van der Waals surface area contributed by atoms with E-state index in [1.165, 1.54) is 263 Å². The molecule has 101 heavy (non-hydrogen) atoms. The van der Waals surface area contributed by atoms with E-state index in [-0.39, 0.29) is 25.7 Å². The number of esters is 4. The van der Waals surface area contributed by atoms with Crippen molar-refractivity contribution in [2.75, 3.05) is 39.6 Å². The summed E-state index contributed by atoms with van der Waals surface area (Å²) in [5.74, 6) is -1.35. The average molecular weight is 1480 g/mol. The van der Waals surface area contributed by atoms with Crippen LogP contribution in [0.3, 0.4) is 0 Å². The summed E-state index contributed by atoms with van der Waals surface area (Å²) in [6.07, 6.45) is 66.6. The van der Waals surface area contributed by atoms with Crippen LogP contribution in [0.25, 0.3) is 0 Å². The Morgan fingerprint density at radius 3 is 0.673 bits per heavy atom. The first-order chi connectivity index (χ1) is 49.0. The normalized spacial score (nSPS) is 13.8. The van der Waals surface area contributed by atoms with E-state index in [9.17, 15) is 43.2 Å². The van der Waals surface area contributed by atoms with Gasteiger partial charge in [0.15, 0.2) is 12.2 Å². The topological polar surface area (TPSA) is 237 Å². The molecule has 0 amide bonds. The van der Waals surface area contributed by atoms with Crippen molar-refractivity contribution < 1.29 is 80.2 Å². The zero-order chi connectivity index (χ0) is 74.1. The Kier molecular flexibility index (Phi) is 73.5. The molecule has 0 aromatic rings. The molecule has 5 atom stereocenters. The van der Waals surface area contributed by atoms with E-state index < -0.39 is 97.5 Å². The van der Waals surface area contributed by atoms with Crippen LogP contribution in [-0.2, 0) is 65.4 Å². The molecule has 600 valence electrons. The van der Waals surface area contributed by atoms with Crippen LogP contribution in [0.15, 0.2) is 0 Å². The van der Waals surface area contributed by atoms with Gasteiger partial charge in [0.25, 0.3) is 0 Å². The van der Waals surface area contributed by atoms with Gasteiger partial charge in [-0.2, -0.15) is 0 Å². The number of phosphoric ester groups is 2. The molecule has 0 saturated heterocycles. The van der Waals surface area contributed by atoms with Gasteiger partial charge in [-0.25, -0.2) is 9.13 Å². The Bertz CT molecular complexity index is 1930. The number of ether oxygens (including phenoxy) is 4. The molecule has 0 saturated carbocycles. The average Bonchev–Trinajstić information content (AvgIpc) is 0.937. The van der Waals surface area contributed by atoms with Crippen molar-refractivity contribution in [1.82, 2.24) is 0 Å². The van der Waals surface area contributed by atoms with Crippen LogP contribution in [0.2, 0.25) is 0 Å². The highest BCUT2D eigenvalue weighted by atomic mass is 31.2. The third kappa shape index (κ3) is 76.1. The predicted molar refractivity (Wildman–Crippen MR) is 414 cm³/mol. The molecule has 0 aliphatic rings. The van der Waals surface area contributed by atoms with E-state index in [0.717, 1.165) is 95.8 Å². The standard InChI is InChI=1S/C82H160O17P2/c1-6-9-12-15-18-21-24-26-28-30-32-34-36-38-41-47-52-57-62-67-81(86)98-77(72-93-80(85)66-61-56-51-46-40-37-35-33-31-29-27-25-22-19-16-13-10-7-2)73-96-100(88,89)94-69-76(83)70-95-101(90,91)97-74-78(71-92-79(84)65-60-55-50-45-39-23-20-17-14-11-8-3)99-82(87)68-63-58-53-48-43-42-44-49-54-59-64-75(4)5/h75-78,83H,6-74H2,1-5H3,(H,88,89)(H,90,91)/t76-,77-,78-/m1/s1. The Hall–Kier alpha value is -1.94. The number of rotatable bonds is 82. The molecule has 0 bridgehead atoms. The van der Waals surface area contributed by atoms with Crippen LogP contribution in [0.1, 0.15) is 439 Å². The lowest BCUT2D eigenvalue weighted by Crippen LogP contribution is -2.30. The van der Waals surface area contributed by atoms with Crippen LogP contribution in [0.4, 0.5) is 0 Å². The predicted octanol–water partition coefficient (Wildman–Crippen LogP) is 24.8. The smallest absolute Gasteiger partial charge is 0.462 e. The van der Waals surface area contributed by atoms with Crippen LogP contribution in [-0.4, -0.2) is 96.7 Å². The van der Waals surface area contributed by atoms with Crippen LogP contribution in [0, 0.1) is 5.92 Å². The maximum Gasteiger partial charge on any atom is 0.472 e. The Labute approximate surface area is 619 Å². The SMILES string of the molecule is CCCCCCCCCCCCCCCCCCCCCC(=O)O[C@H](COC(=O)CCCCCCCCCCCCCCCCCCCC)COP(=O)(O)OC[C@@H](O)COP(=O)(O)OC[C@@H](COC(=O)CCCCCCCCCCCCC)OC(=O)CCCCCCCCCCCCC(C)C. The maximum atomic E-state index is 13.1. The van der Waals surface area contributed by atoms with Gasteiger partial charge < -0.3 is 33.8 Å². The fourth-order valence-corrected chi connectivity index (χ4v) is 14.3. The summed E-state index contributed by atoms with van der Waals surface area (Å²) in [7, 11) is -9.92. The molecule has 0 spiro atoms. The largest absolute Gasteiger partial charge is 0.472 e. The van der Waals surface area contributed by atoms with Crippen LogP contribution >= 0.6 is 15.6 Å². The maximum absolute atomic E-state index is 13.1. The second kappa shape index (κ2) is 74.9. The van der Waals surface area contributed by atoms with Gasteiger partial charge in [0, 0.05) is 25.7 Å². The number of carbonyl (C=O) groups is 4. The number of aliphatic hydroxyl groups is 1. The van der Waals surface area contributed by atoms with Crippen molar-refractivity contribution in [3.05, 3.63) is 0 Å². The third-order valence-corrected chi connectivity index (χ3v) is 21.2. The van der Waals surface area contributed by atoms with E-state index in [0.29, 0.717) is 25.7 Å². The molecule has 0 radical (unpaired) electrons. The quantitative estimate of drug-likeness (QED) is 0.0222. The molecule has 0 aromatic heterocycles. The summed E-state index contributed by atoms with van der Waals surface area (Å²) in [5, 5.41) is 10.6. The van der Waals surface area contributed by atoms with E-state index >= 15 is 0 Å². The fraction of sp³-hybridized carbons (Fsp3) is 0.951. The molecule has 0 rings (SSSR count). The van der Waals surface area contributed by atoms with E-state index in [1.807, 2.05) is 0 Å². The summed E-state index contributed by atoms with van der Waals surface area (Å²) in [6.45, 7) is 7.33. The Morgan fingerprint density at radius 1 is 0.267 bits per heavy atom. The van der Waals surface area contributed by atoms with Gasteiger partial charge in [-0.1, -0.05) is 388 Å². The van der Waals surface area contributed by atoms with Gasteiger partial charge in [0.05, 0.1) is 26.4 Å². The minimum Gasteiger partial charge on any atom is -0.462 e. The molecule has 17 nitrogen and oxygen atoms in total. The van der Waals surface area contributed by atoms with Crippen molar-refractivity contribution in [2.24, 2.45) is 5.92 Å². The minimum atomic E-state index is -4.96. The Balaban J connectivity index is 5.24. The van der Waals surface area contributed by atoms with Crippen molar-refractivity contribution >= 4 is 39.5 Å². The first-order valence-electron chi connectivity index (χ1n) is 42.6. The summed E-state index contributed by atoms with van der Waals surface area (Å²) >= 11 is 0. The van der Waals surface area contributed by atoms with E-state index in [4.69, 9.17) is 37.0 Å². The van der Waals surface area contributed by atoms with Gasteiger partial charge in [0.2, 0.25) is 0 Å². The second-order valence-corrected chi connectivity index (χ2v) is 32.9. The monoisotopic (exact) mass is 1480 g/mol. The number of unbranched alkanes of at least 4 members (excludes halogenated alkanes) is 54. The summed E-state index contributed by atoms with van der Waals surface area (Å²) in [4.78, 5) is 73.1. The van der Waals surface area contributed by atoms with Gasteiger partial charge in [-0.15, -0.1) is 0 Å². The van der Waals surface area contributed by atoms with Gasteiger partial charge in [-0.05, 0) is 31.6 Å². The Morgan fingerprint density at radius 2 is 0.455 bits per heavy atom. The van der Waals surface area contributed by atoms with Gasteiger partial charge in [0.1, 0.15) is 19.3 Å². The van der Waals surface area contributed by atoms with E-state index in [2.05, 4.69) is 34.6 Å². The van der Waals surface area contributed by atoms with Crippen LogP contribution in [0.5, 0.6) is 0 Å². The molecule has 0 aliphatic heterocycles. The minimum absolute atomic E-state index is 0.107. The highest BCUT2D eigenvalue weighted by Crippen LogP contribution is 2.45. The molecule has 0 aromatic carbocycles. The summed E-state index contributed by atoms with van der Waals surface area (Å²) < 4.78 is 68.8. The summed E-state index contributed by atoms with van der Waals surface area (Å²) in [6, 6.07) is 0. The lowest BCUT2D eigenvalue weighted by Gasteiger charge is -2.21. The number of hydrogen-bond donors (Lipinski definition) is 3. The number of hydrogen-bond acceptors (Lipinski definition) is 15. The lowest BCUT2D eigenvalue weighted by atomic mass is 10.0. The molecular weight excluding hydrogens is 1320 g/mol. The molecule has 2 unspecified atom stereocenters. The van der Waals surface area contributed by atoms with Gasteiger partial charge in [-0.3, -0.25) is 37.3 Å². The fourth-order valence-electron chi connectivity index (χ4n) is 12.8. The lowest BCUT2D eigenvalue weighted by molar-refractivity contribution is -0.161. The van der Waals surface area contributed by atoms with Crippen molar-refractivity contribution in [3.63, 3.8) is 0 Å². The highest BCUT2D eigenvalue weighted by molar-refractivity contribution is 7.47. The highest BCUT2D eigenvalue weighted by Gasteiger charge is 2.30. The molecule has 3 N–H and O–H groups in total. The molecule has 0 fully saturated rings. The van der Waals surface area contributed by atoms with Crippen molar-refractivity contribution in [1.29, 1.82) is 0 Å². The van der Waals surface area contributed by atoms with Crippen molar-refractivity contribution in [3.8, 4) is 0 Å². The second-order valence-electron chi connectivity index (χ2n) is 30.0. The number of phosphoric acid groups is 2. The molecule has 19 heteroatoms. The first-order valence-corrected chi connectivity index (χ1v) is 45.6. The summed E-state index contributed by atoms with van der Waals surface area (Å²) in [5.41, 5.74) is 0. The van der Waals surface area contributed by atoms with E-state index in [1.54, 1.807) is 0 Å². The number of aliphatic hydroxyl groups excluding tert-OH is 1. The third-order valence-electron chi connectivity index (χ3n) is 19.3. The molecular formula is C82H160O17P2. The first kappa shape index (κ1) is 99.1. The van der Waals surface area contributed by atoms with Crippen molar-refractivity contribution in [2.45, 2.75) is 457 Å². The molecule has 0 heterocycles. The number of carbonyl (C=O) groups excluding carboxylic acids is 4. The van der Waals surface area contributed by atoms with Crippen LogP contribution < -0.4 is 0 Å². The molecule has 0 aliphatic carbocycles. The zero-order valence-corrected chi connectivity index (χ0v) is 67.8. The van der Waals surface area contributed by atoms with Gasteiger partial charge >= 0.3 is 39.5 Å².